The zero-order chi connectivity index (χ0) is 18.9. The van der Waals surface area contributed by atoms with Crippen LogP contribution in [-0.4, -0.2) is 24.5 Å². The van der Waals surface area contributed by atoms with Gasteiger partial charge in [-0.1, -0.05) is 18.2 Å². The van der Waals surface area contributed by atoms with Gasteiger partial charge in [0.1, 0.15) is 0 Å². The molecule has 7 heteroatoms. The Labute approximate surface area is 148 Å². The fourth-order valence-corrected chi connectivity index (χ4v) is 3.02. The van der Waals surface area contributed by atoms with Gasteiger partial charge in [0.15, 0.2) is 6.61 Å². The standard InChI is InChI=1S/C19H16F3NO3/c1-12-10-14-4-2-3-5-16(14)23(12)17(24)11-26-18(25)13-6-8-15(9-7-13)19(20,21)22/h2-9,12H,10-11H2,1H3/t12-/m0/s1. The molecule has 1 amide bonds. The topological polar surface area (TPSA) is 46.6 Å². The van der Waals surface area contributed by atoms with E-state index in [1.165, 1.54) is 0 Å². The van der Waals surface area contributed by atoms with Crippen molar-refractivity contribution in [2.24, 2.45) is 0 Å². The summed E-state index contributed by atoms with van der Waals surface area (Å²) in [7, 11) is 0. The predicted molar refractivity (Wildman–Crippen MR) is 88.8 cm³/mol. The van der Waals surface area contributed by atoms with E-state index in [0.29, 0.717) is 0 Å². The first kappa shape index (κ1) is 18.0. The number of amides is 1. The molecular weight excluding hydrogens is 347 g/mol. The molecule has 3 rings (SSSR count). The third-order valence-electron chi connectivity index (χ3n) is 4.25. The van der Waals surface area contributed by atoms with Crippen LogP contribution < -0.4 is 4.90 Å². The van der Waals surface area contributed by atoms with Crippen LogP contribution >= 0.6 is 0 Å². The molecule has 0 radical (unpaired) electrons. The zero-order valence-electron chi connectivity index (χ0n) is 13.9. The molecule has 0 fully saturated rings. The number of hydrogen-bond acceptors (Lipinski definition) is 3. The van der Waals surface area contributed by atoms with Crippen molar-refractivity contribution < 1.29 is 27.5 Å². The average Bonchev–Trinajstić information content (AvgIpc) is 2.94. The number of rotatable bonds is 3. The second-order valence-electron chi connectivity index (χ2n) is 6.10. The zero-order valence-corrected chi connectivity index (χ0v) is 13.9. The normalized spacial score (nSPS) is 16.3. The van der Waals surface area contributed by atoms with Gasteiger partial charge in [-0.15, -0.1) is 0 Å². The van der Waals surface area contributed by atoms with Gasteiger partial charge in [-0.2, -0.15) is 13.2 Å². The van der Waals surface area contributed by atoms with Gasteiger partial charge in [0.25, 0.3) is 5.91 Å². The van der Waals surface area contributed by atoms with Gasteiger partial charge in [-0.3, -0.25) is 4.79 Å². The largest absolute Gasteiger partial charge is 0.452 e. The molecule has 1 heterocycles. The SMILES string of the molecule is C[C@H]1Cc2ccccc2N1C(=O)COC(=O)c1ccc(C(F)(F)F)cc1. The minimum atomic E-state index is -4.47. The average molecular weight is 363 g/mol. The van der Waals surface area contributed by atoms with E-state index in [4.69, 9.17) is 4.74 Å². The van der Waals surface area contributed by atoms with Crippen molar-refractivity contribution >= 4 is 17.6 Å². The maximum Gasteiger partial charge on any atom is 0.416 e. The highest BCUT2D eigenvalue weighted by Gasteiger charge is 2.32. The Hall–Kier alpha value is -2.83. The highest BCUT2D eigenvalue weighted by atomic mass is 19.4. The van der Waals surface area contributed by atoms with E-state index < -0.39 is 24.3 Å². The van der Waals surface area contributed by atoms with Crippen molar-refractivity contribution in [1.29, 1.82) is 0 Å². The first-order valence-electron chi connectivity index (χ1n) is 8.01. The molecule has 2 aromatic rings. The van der Waals surface area contributed by atoms with Crippen LogP contribution in [0.15, 0.2) is 48.5 Å². The Morgan fingerprint density at radius 1 is 1.12 bits per heavy atom. The van der Waals surface area contributed by atoms with Gasteiger partial charge in [-0.25, -0.2) is 4.79 Å². The summed E-state index contributed by atoms with van der Waals surface area (Å²) in [6, 6.07) is 11.1. The Balaban J connectivity index is 1.64. The Bertz CT molecular complexity index is 831. The maximum absolute atomic E-state index is 12.5. The van der Waals surface area contributed by atoms with E-state index in [1.54, 1.807) is 4.90 Å². The monoisotopic (exact) mass is 363 g/mol. The fraction of sp³-hybridized carbons (Fsp3) is 0.263. The number of anilines is 1. The summed E-state index contributed by atoms with van der Waals surface area (Å²) in [5.41, 5.74) is 0.936. The second-order valence-corrected chi connectivity index (χ2v) is 6.10. The molecule has 0 N–H and O–H groups in total. The van der Waals surface area contributed by atoms with Gasteiger partial charge < -0.3 is 9.64 Å². The van der Waals surface area contributed by atoms with E-state index in [-0.39, 0.29) is 17.5 Å². The molecule has 0 spiro atoms. The summed E-state index contributed by atoms with van der Waals surface area (Å²) in [5.74, 6) is -1.21. The summed E-state index contributed by atoms with van der Waals surface area (Å²) in [5, 5.41) is 0. The number of nitrogens with zero attached hydrogens (tertiary/aromatic N) is 1. The summed E-state index contributed by atoms with van der Waals surface area (Å²) in [4.78, 5) is 26.0. The number of para-hydroxylation sites is 1. The maximum atomic E-state index is 12.5. The van der Waals surface area contributed by atoms with Gasteiger partial charge in [-0.05, 0) is 49.2 Å². The number of benzene rings is 2. The molecule has 0 unspecified atom stereocenters. The molecule has 26 heavy (non-hydrogen) atoms. The van der Waals surface area contributed by atoms with Crippen LogP contribution in [0.5, 0.6) is 0 Å². The van der Waals surface area contributed by atoms with Gasteiger partial charge >= 0.3 is 12.1 Å². The van der Waals surface area contributed by atoms with Crippen LogP contribution in [0, 0.1) is 0 Å². The highest BCUT2D eigenvalue weighted by molar-refractivity contribution is 5.99. The van der Waals surface area contributed by atoms with E-state index in [1.807, 2.05) is 31.2 Å². The number of alkyl halides is 3. The van der Waals surface area contributed by atoms with E-state index in [9.17, 15) is 22.8 Å². The van der Waals surface area contributed by atoms with Crippen molar-refractivity contribution in [1.82, 2.24) is 0 Å². The first-order valence-corrected chi connectivity index (χ1v) is 8.01. The van der Waals surface area contributed by atoms with Crippen LogP contribution in [0.25, 0.3) is 0 Å². The van der Waals surface area contributed by atoms with Gasteiger partial charge in [0.05, 0.1) is 11.1 Å². The molecule has 0 saturated carbocycles. The highest BCUT2D eigenvalue weighted by Crippen LogP contribution is 2.32. The summed E-state index contributed by atoms with van der Waals surface area (Å²) >= 11 is 0. The summed E-state index contributed by atoms with van der Waals surface area (Å²) < 4.78 is 42.6. The number of ether oxygens (including phenoxy) is 1. The van der Waals surface area contributed by atoms with E-state index in [2.05, 4.69) is 0 Å². The lowest BCUT2D eigenvalue weighted by Crippen LogP contribution is -2.38. The third-order valence-corrected chi connectivity index (χ3v) is 4.25. The molecule has 4 nitrogen and oxygen atoms in total. The number of carbonyl (C=O) groups is 2. The number of esters is 1. The minimum absolute atomic E-state index is 0.0410. The van der Waals surface area contributed by atoms with Crippen molar-refractivity contribution in [2.75, 3.05) is 11.5 Å². The van der Waals surface area contributed by atoms with Crippen LogP contribution in [0.1, 0.15) is 28.4 Å². The molecule has 0 aromatic heterocycles. The second kappa shape index (κ2) is 6.82. The van der Waals surface area contributed by atoms with Crippen molar-refractivity contribution in [3.8, 4) is 0 Å². The molecule has 136 valence electrons. The molecular formula is C19H16F3NO3. The minimum Gasteiger partial charge on any atom is -0.452 e. The van der Waals surface area contributed by atoms with Crippen molar-refractivity contribution in [2.45, 2.75) is 25.6 Å². The Morgan fingerprint density at radius 2 is 1.77 bits per heavy atom. The fourth-order valence-electron chi connectivity index (χ4n) is 3.02. The van der Waals surface area contributed by atoms with Crippen molar-refractivity contribution in [3.63, 3.8) is 0 Å². The number of fused-ring (bicyclic) bond motifs is 1. The number of halogens is 3. The third kappa shape index (κ3) is 3.56. The first-order chi connectivity index (χ1) is 12.3. The van der Waals surface area contributed by atoms with Gasteiger partial charge in [0.2, 0.25) is 0 Å². The number of hydrogen-bond donors (Lipinski definition) is 0. The quantitative estimate of drug-likeness (QED) is 0.779. The Morgan fingerprint density at radius 3 is 2.42 bits per heavy atom. The van der Waals surface area contributed by atoms with Crippen LogP contribution in [0.2, 0.25) is 0 Å². The van der Waals surface area contributed by atoms with Crippen LogP contribution in [0.3, 0.4) is 0 Å². The Kier molecular flexibility index (Phi) is 4.71. The molecule has 1 aliphatic rings. The molecule has 0 saturated heterocycles. The predicted octanol–water partition coefficient (Wildman–Crippen LogP) is 3.84. The molecule has 1 atom stereocenters. The van der Waals surface area contributed by atoms with E-state index in [0.717, 1.165) is 41.9 Å². The smallest absolute Gasteiger partial charge is 0.416 e. The van der Waals surface area contributed by atoms with Crippen molar-refractivity contribution in [3.05, 3.63) is 65.2 Å². The van der Waals surface area contributed by atoms with Gasteiger partial charge in [0, 0.05) is 11.7 Å². The lowest BCUT2D eigenvalue weighted by molar-refractivity contribution is -0.137. The van der Waals surface area contributed by atoms with Crippen LogP contribution in [0.4, 0.5) is 18.9 Å². The molecule has 0 bridgehead atoms. The number of carbonyl (C=O) groups excluding carboxylic acids is 2. The molecule has 2 aromatic carbocycles. The van der Waals surface area contributed by atoms with E-state index >= 15 is 0 Å². The summed E-state index contributed by atoms with van der Waals surface area (Å²) in [6.45, 7) is 1.42. The molecule has 1 aliphatic heterocycles. The van der Waals surface area contributed by atoms with Crippen LogP contribution in [-0.2, 0) is 22.1 Å². The lowest BCUT2D eigenvalue weighted by Gasteiger charge is -2.22. The summed E-state index contributed by atoms with van der Waals surface area (Å²) in [6.07, 6.45) is -3.76. The molecule has 0 aliphatic carbocycles. The lowest BCUT2D eigenvalue weighted by atomic mass is 10.1.